The third-order valence-corrected chi connectivity index (χ3v) is 4.77. The minimum atomic E-state index is -0.292. The maximum Gasteiger partial charge on any atom is 0.165 e. The molecule has 4 heteroatoms. The molecule has 0 radical (unpaired) electrons. The fraction of sp³-hybridized carbons (Fsp3) is 0.600. The summed E-state index contributed by atoms with van der Waals surface area (Å²) in [5.74, 6) is 1.80. The van der Waals surface area contributed by atoms with E-state index in [4.69, 9.17) is 15.2 Å². The van der Waals surface area contributed by atoms with Gasteiger partial charge in [-0.15, -0.1) is 0 Å². The Balaban J connectivity index is 2.00. The molecule has 1 aliphatic carbocycles. The van der Waals surface area contributed by atoms with Gasteiger partial charge < -0.3 is 20.3 Å². The highest BCUT2D eigenvalue weighted by Crippen LogP contribution is 2.53. The van der Waals surface area contributed by atoms with E-state index in [9.17, 15) is 5.11 Å². The molecule has 3 N–H and O–H groups in total. The highest BCUT2D eigenvalue weighted by molar-refractivity contribution is 5.66. The average Bonchev–Trinajstić information content (AvgIpc) is 3.09. The first kappa shape index (κ1) is 11.4. The molecular weight excluding hydrogens is 242 g/mol. The molecule has 0 aromatic heterocycles. The summed E-state index contributed by atoms with van der Waals surface area (Å²) in [5, 5.41) is 10.3. The molecule has 1 aromatic carbocycles. The van der Waals surface area contributed by atoms with Gasteiger partial charge >= 0.3 is 0 Å². The minimum absolute atomic E-state index is 0.283. The van der Waals surface area contributed by atoms with Gasteiger partial charge in [0.05, 0.1) is 13.2 Å². The zero-order chi connectivity index (χ0) is 13.0. The van der Waals surface area contributed by atoms with Gasteiger partial charge in [-0.2, -0.15) is 0 Å². The van der Waals surface area contributed by atoms with Crippen molar-refractivity contribution in [3.05, 3.63) is 16.7 Å². The maximum absolute atomic E-state index is 10.3. The van der Waals surface area contributed by atoms with E-state index in [-0.39, 0.29) is 11.3 Å². The van der Waals surface area contributed by atoms with Crippen LogP contribution in [0.2, 0.25) is 0 Å². The van der Waals surface area contributed by atoms with E-state index in [1.165, 1.54) is 12.8 Å². The second-order valence-electron chi connectivity index (χ2n) is 5.90. The largest absolute Gasteiger partial charge is 0.504 e. The molecule has 1 aromatic rings. The molecule has 0 spiro atoms. The van der Waals surface area contributed by atoms with Crippen LogP contribution in [0.25, 0.3) is 0 Å². The Labute approximate surface area is 112 Å². The number of phenols is 1. The fourth-order valence-electron chi connectivity index (χ4n) is 3.87. The molecule has 102 valence electrons. The molecule has 0 bridgehead atoms. The molecule has 19 heavy (non-hydrogen) atoms. The predicted octanol–water partition coefficient (Wildman–Crippen LogP) is 1.99. The number of aromatic hydroxyl groups is 1. The van der Waals surface area contributed by atoms with Crippen LogP contribution in [-0.4, -0.2) is 18.3 Å². The summed E-state index contributed by atoms with van der Waals surface area (Å²) in [6.45, 7) is 1.27. The summed E-state index contributed by atoms with van der Waals surface area (Å²) in [7, 11) is 0. The van der Waals surface area contributed by atoms with Crippen molar-refractivity contribution in [1.82, 2.24) is 0 Å². The lowest BCUT2D eigenvalue weighted by Crippen LogP contribution is -2.34. The first-order valence-corrected chi connectivity index (χ1v) is 7.16. The fourth-order valence-corrected chi connectivity index (χ4v) is 3.87. The number of phenolic OH excluding ortho intramolecular Hbond substituents is 1. The lowest BCUT2D eigenvalue weighted by Gasteiger charge is -2.28. The van der Waals surface area contributed by atoms with Crippen LogP contribution >= 0.6 is 0 Å². The van der Waals surface area contributed by atoms with E-state index in [0.29, 0.717) is 19.0 Å². The minimum Gasteiger partial charge on any atom is -0.504 e. The van der Waals surface area contributed by atoms with E-state index >= 15 is 0 Å². The Hall–Kier alpha value is -1.42. The molecule has 3 aliphatic rings. The average molecular weight is 261 g/mol. The van der Waals surface area contributed by atoms with E-state index in [1.54, 1.807) is 0 Å². The molecule has 1 fully saturated rings. The number of fused-ring (bicyclic) bond motifs is 2. The van der Waals surface area contributed by atoms with Gasteiger partial charge in [0.1, 0.15) is 5.75 Å². The zero-order valence-corrected chi connectivity index (χ0v) is 11.0. The number of hydrogen-bond donors (Lipinski definition) is 2. The molecular formula is C15H19NO3. The van der Waals surface area contributed by atoms with Crippen LogP contribution in [0, 0.1) is 0 Å². The van der Waals surface area contributed by atoms with Gasteiger partial charge in [-0.3, -0.25) is 0 Å². The number of rotatable bonds is 1. The summed E-state index contributed by atoms with van der Waals surface area (Å²) in [6.07, 6.45) is 5.91. The highest BCUT2D eigenvalue weighted by atomic mass is 16.5. The summed E-state index contributed by atoms with van der Waals surface area (Å²) in [6, 6.07) is 0. The molecule has 0 saturated heterocycles. The van der Waals surface area contributed by atoms with Crippen LogP contribution in [0.4, 0.5) is 0 Å². The molecule has 2 aliphatic heterocycles. The van der Waals surface area contributed by atoms with E-state index < -0.39 is 0 Å². The van der Waals surface area contributed by atoms with Gasteiger partial charge in [0.2, 0.25) is 0 Å². The van der Waals surface area contributed by atoms with Gasteiger partial charge in [0.15, 0.2) is 11.5 Å². The topological polar surface area (TPSA) is 64.7 Å². The van der Waals surface area contributed by atoms with Crippen molar-refractivity contribution in [3.63, 3.8) is 0 Å². The highest BCUT2D eigenvalue weighted by Gasteiger charge is 2.42. The number of nitrogens with two attached hydrogens (primary N) is 1. The van der Waals surface area contributed by atoms with Crippen molar-refractivity contribution >= 4 is 0 Å². The van der Waals surface area contributed by atoms with Crippen molar-refractivity contribution in [1.29, 1.82) is 0 Å². The lowest BCUT2D eigenvalue weighted by atomic mass is 9.82. The summed E-state index contributed by atoms with van der Waals surface area (Å²) in [4.78, 5) is 0. The first-order valence-electron chi connectivity index (χ1n) is 7.16. The van der Waals surface area contributed by atoms with Crippen LogP contribution in [0.15, 0.2) is 0 Å². The zero-order valence-electron chi connectivity index (χ0n) is 11.0. The maximum atomic E-state index is 10.3. The number of ether oxygens (including phenoxy) is 2. The van der Waals surface area contributed by atoms with Crippen LogP contribution in [0.1, 0.15) is 42.4 Å². The predicted molar refractivity (Wildman–Crippen MR) is 70.8 cm³/mol. The van der Waals surface area contributed by atoms with Crippen LogP contribution in [0.5, 0.6) is 17.2 Å². The number of hydrogen-bond acceptors (Lipinski definition) is 4. The van der Waals surface area contributed by atoms with Gasteiger partial charge in [-0.1, -0.05) is 12.8 Å². The van der Waals surface area contributed by atoms with Crippen molar-refractivity contribution in [2.45, 2.75) is 44.1 Å². The molecule has 0 atom stereocenters. The molecule has 0 unspecified atom stereocenters. The first-order chi connectivity index (χ1) is 9.21. The quantitative estimate of drug-likeness (QED) is 0.811. The molecule has 2 heterocycles. The van der Waals surface area contributed by atoms with Gasteiger partial charge in [-0.25, -0.2) is 0 Å². The Kier molecular flexibility index (Phi) is 2.28. The number of benzene rings is 1. The summed E-state index contributed by atoms with van der Waals surface area (Å²) >= 11 is 0. The van der Waals surface area contributed by atoms with Crippen LogP contribution in [-0.2, 0) is 18.4 Å². The Morgan fingerprint density at radius 3 is 2.32 bits per heavy atom. The van der Waals surface area contributed by atoms with Gasteiger partial charge in [0.25, 0.3) is 0 Å². The standard InChI is InChI=1S/C15H19NO3/c16-15(5-1-2-6-15)11-9-3-7-19-14(9)12(17)10-4-8-18-13(10)11/h17H,1-8,16H2. The Bertz CT molecular complexity index is 512. The third-order valence-electron chi connectivity index (χ3n) is 4.77. The van der Waals surface area contributed by atoms with Crippen molar-refractivity contribution in [3.8, 4) is 17.2 Å². The van der Waals surface area contributed by atoms with E-state index in [0.717, 1.165) is 48.1 Å². The van der Waals surface area contributed by atoms with Gasteiger partial charge in [0, 0.05) is 35.1 Å². The second-order valence-corrected chi connectivity index (χ2v) is 5.90. The molecule has 4 nitrogen and oxygen atoms in total. The van der Waals surface area contributed by atoms with E-state index in [2.05, 4.69) is 0 Å². The summed E-state index contributed by atoms with van der Waals surface area (Å²) in [5.41, 5.74) is 9.48. The molecule has 1 saturated carbocycles. The normalized spacial score (nSPS) is 22.8. The summed E-state index contributed by atoms with van der Waals surface area (Å²) < 4.78 is 11.5. The second kappa shape index (κ2) is 3.79. The smallest absolute Gasteiger partial charge is 0.165 e. The lowest BCUT2D eigenvalue weighted by molar-refractivity contribution is 0.332. The third kappa shape index (κ3) is 1.43. The molecule has 0 amide bonds. The van der Waals surface area contributed by atoms with Crippen LogP contribution in [0.3, 0.4) is 0 Å². The van der Waals surface area contributed by atoms with Crippen LogP contribution < -0.4 is 15.2 Å². The monoisotopic (exact) mass is 261 g/mol. The van der Waals surface area contributed by atoms with Crippen molar-refractivity contribution in [2.75, 3.05) is 13.2 Å². The molecule has 4 rings (SSSR count). The van der Waals surface area contributed by atoms with Crippen molar-refractivity contribution in [2.24, 2.45) is 5.73 Å². The SMILES string of the molecule is NC1(c2c3c(c(O)c4c2OCC4)OCC3)CCCC1. The Morgan fingerprint density at radius 2 is 1.58 bits per heavy atom. The van der Waals surface area contributed by atoms with E-state index in [1.807, 2.05) is 0 Å². The van der Waals surface area contributed by atoms with Crippen molar-refractivity contribution < 1.29 is 14.6 Å². The van der Waals surface area contributed by atoms with Gasteiger partial charge in [-0.05, 0) is 12.8 Å². The Morgan fingerprint density at radius 1 is 0.947 bits per heavy atom.